The summed E-state index contributed by atoms with van der Waals surface area (Å²) in [5.74, 6) is -0.200. The molecule has 1 amide bonds. The zero-order valence-corrected chi connectivity index (χ0v) is 15.7. The fraction of sp³-hybridized carbons (Fsp3) is 0.150. The maximum atomic E-state index is 12.7. The van der Waals surface area contributed by atoms with Crippen LogP contribution in [0, 0.1) is 0 Å². The summed E-state index contributed by atoms with van der Waals surface area (Å²) < 4.78 is 37.9. The summed E-state index contributed by atoms with van der Waals surface area (Å²) in [6.07, 6.45) is 0.358. The van der Waals surface area contributed by atoms with Gasteiger partial charge in [0.1, 0.15) is 5.03 Å². The molecule has 0 aliphatic carbocycles. The third-order valence-corrected chi connectivity index (χ3v) is 4.86. The molecule has 2 aromatic heterocycles. The number of nitrogens with zero attached hydrogens (tertiary/aromatic N) is 3. The second-order valence-corrected chi connectivity index (χ2v) is 6.86. The second-order valence-electron chi connectivity index (χ2n) is 5.77. The maximum absolute atomic E-state index is 12.7. The highest BCUT2D eigenvalue weighted by Gasteiger charge is 2.30. The number of hydrogen-bond donors (Lipinski definition) is 0. The highest BCUT2D eigenvalue weighted by Crippen LogP contribution is 2.32. The molecule has 8 heteroatoms. The van der Waals surface area contributed by atoms with E-state index in [1.165, 1.54) is 30.1 Å². The van der Waals surface area contributed by atoms with E-state index in [1.54, 1.807) is 41.6 Å². The molecule has 0 saturated carbocycles. The summed E-state index contributed by atoms with van der Waals surface area (Å²) in [5, 5.41) is 0.584. The maximum Gasteiger partial charge on any atom is 0.416 e. The fourth-order valence-corrected chi connectivity index (χ4v) is 3.27. The van der Waals surface area contributed by atoms with Gasteiger partial charge < -0.3 is 4.90 Å². The molecule has 3 aromatic rings. The van der Waals surface area contributed by atoms with Crippen molar-refractivity contribution in [3.8, 4) is 0 Å². The van der Waals surface area contributed by atoms with Gasteiger partial charge in [-0.3, -0.25) is 9.78 Å². The Kier molecular flexibility index (Phi) is 5.99. The van der Waals surface area contributed by atoms with E-state index >= 15 is 0 Å². The first kappa shape index (κ1) is 19.9. The number of hydrogen-bond acceptors (Lipinski definition) is 4. The Morgan fingerprint density at radius 1 is 1.07 bits per heavy atom. The van der Waals surface area contributed by atoms with E-state index < -0.39 is 11.7 Å². The molecule has 0 atom stereocenters. The molecular weight excluding hydrogens is 387 g/mol. The number of aromatic nitrogens is 2. The lowest BCUT2D eigenvalue weighted by Gasteiger charge is -2.20. The number of benzene rings is 1. The van der Waals surface area contributed by atoms with Crippen LogP contribution in [0.5, 0.6) is 0 Å². The van der Waals surface area contributed by atoms with Crippen LogP contribution >= 0.6 is 11.8 Å². The van der Waals surface area contributed by atoms with Crippen LogP contribution in [0.3, 0.4) is 0 Å². The van der Waals surface area contributed by atoms with E-state index in [2.05, 4.69) is 9.97 Å². The Hall–Kier alpha value is -2.87. The number of amides is 1. The molecule has 1 aromatic carbocycles. The standard InChI is InChI=1S/C20H16F3N3OS/c1-2-26(16-4-3-11-24-13-16)19(27)14-5-10-18(25-12-14)28-17-8-6-15(7-9-17)20(21,22)23/h3-13H,2H2,1H3. The Balaban J connectivity index is 1.71. The first-order valence-corrected chi connectivity index (χ1v) is 9.23. The molecule has 0 N–H and O–H groups in total. The van der Waals surface area contributed by atoms with Gasteiger partial charge in [-0.2, -0.15) is 13.2 Å². The summed E-state index contributed by atoms with van der Waals surface area (Å²) in [4.78, 5) is 23.2. The first-order chi connectivity index (χ1) is 13.4. The summed E-state index contributed by atoms with van der Waals surface area (Å²) in [6, 6.07) is 11.8. The number of rotatable bonds is 5. The predicted octanol–water partition coefficient (Wildman–Crippen LogP) is 5.31. The van der Waals surface area contributed by atoms with Crippen LogP contribution in [-0.2, 0) is 6.18 Å². The third kappa shape index (κ3) is 4.69. The molecular formula is C20H16F3N3OS. The van der Waals surface area contributed by atoms with Gasteiger partial charge in [-0.05, 0) is 55.5 Å². The molecule has 0 radical (unpaired) electrons. The second kappa shape index (κ2) is 8.43. The number of carbonyl (C=O) groups is 1. The Morgan fingerprint density at radius 3 is 2.36 bits per heavy atom. The molecule has 0 spiro atoms. The average molecular weight is 403 g/mol. The Morgan fingerprint density at radius 2 is 1.82 bits per heavy atom. The van der Waals surface area contributed by atoms with Gasteiger partial charge in [-0.1, -0.05) is 11.8 Å². The molecule has 144 valence electrons. The van der Waals surface area contributed by atoms with Crippen molar-refractivity contribution in [2.75, 3.05) is 11.4 Å². The molecule has 3 rings (SSSR count). The molecule has 2 heterocycles. The normalized spacial score (nSPS) is 11.3. The molecule has 0 unspecified atom stereocenters. The van der Waals surface area contributed by atoms with Crippen molar-refractivity contribution >= 4 is 23.4 Å². The molecule has 0 fully saturated rings. The highest BCUT2D eigenvalue weighted by molar-refractivity contribution is 7.99. The monoisotopic (exact) mass is 403 g/mol. The van der Waals surface area contributed by atoms with Crippen molar-refractivity contribution in [1.82, 2.24) is 9.97 Å². The summed E-state index contributed by atoms with van der Waals surface area (Å²) in [7, 11) is 0. The van der Waals surface area contributed by atoms with Gasteiger partial charge in [0, 0.05) is 23.8 Å². The van der Waals surface area contributed by atoms with Crippen LogP contribution in [0.1, 0.15) is 22.8 Å². The van der Waals surface area contributed by atoms with E-state index in [0.29, 0.717) is 27.7 Å². The van der Waals surface area contributed by atoms with Crippen molar-refractivity contribution in [3.63, 3.8) is 0 Å². The number of pyridine rings is 2. The van der Waals surface area contributed by atoms with Gasteiger partial charge in [-0.25, -0.2) is 4.98 Å². The highest BCUT2D eigenvalue weighted by atomic mass is 32.2. The molecule has 0 bridgehead atoms. The van der Waals surface area contributed by atoms with E-state index in [4.69, 9.17) is 0 Å². The molecule has 28 heavy (non-hydrogen) atoms. The van der Waals surface area contributed by atoms with E-state index in [9.17, 15) is 18.0 Å². The summed E-state index contributed by atoms with van der Waals surface area (Å²) in [5.41, 5.74) is 0.418. The van der Waals surface area contributed by atoms with E-state index in [1.807, 2.05) is 6.92 Å². The van der Waals surface area contributed by atoms with E-state index in [0.717, 1.165) is 12.1 Å². The Labute approximate surface area is 164 Å². The molecule has 0 aliphatic heterocycles. The van der Waals surface area contributed by atoms with Crippen LogP contribution in [0.2, 0.25) is 0 Å². The SMILES string of the molecule is CCN(C(=O)c1ccc(Sc2ccc(C(F)(F)F)cc2)nc1)c1cccnc1. The quantitative estimate of drug-likeness (QED) is 0.579. The van der Waals surface area contributed by atoms with Gasteiger partial charge in [0.15, 0.2) is 0 Å². The minimum absolute atomic E-state index is 0.200. The van der Waals surface area contributed by atoms with Crippen LogP contribution in [0.25, 0.3) is 0 Å². The molecule has 0 saturated heterocycles. The van der Waals surface area contributed by atoms with Crippen LogP contribution in [-0.4, -0.2) is 22.4 Å². The number of carbonyl (C=O) groups excluding carboxylic acids is 1. The van der Waals surface area contributed by atoms with Gasteiger partial charge in [0.05, 0.1) is 23.0 Å². The van der Waals surface area contributed by atoms with Crippen LogP contribution in [0.4, 0.5) is 18.9 Å². The Bertz CT molecular complexity index is 930. The zero-order valence-electron chi connectivity index (χ0n) is 14.8. The average Bonchev–Trinajstić information content (AvgIpc) is 2.69. The fourth-order valence-electron chi connectivity index (χ4n) is 2.51. The van der Waals surface area contributed by atoms with Gasteiger partial charge in [0.2, 0.25) is 0 Å². The molecule has 4 nitrogen and oxygen atoms in total. The minimum atomic E-state index is -4.36. The summed E-state index contributed by atoms with van der Waals surface area (Å²) >= 11 is 1.22. The number of alkyl halides is 3. The van der Waals surface area contributed by atoms with Gasteiger partial charge >= 0.3 is 6.18 Å². The lowest BCUT2D eigenvalue weighted by atomic mass is 10.2. The largest absolute Gasteiger partial charge is 0.416 e. The van der Waals surface area contributed by atoms with Crippen molar-refractivity contribution in [3.05, 3.63) is 78.2 Å². The number of halogens is 3. The van der Waals surface area contributed by atoms with E-state index in [-0.39, 0.29) is 5.91 Å². The van der Waals surface area contributed by atoms with Crippen LogP contribution < -0.4 is 4.90 Å². The smallest absolute Gasteiger partial charge is 0.307 e. The van der Waals surface area contributed by atoms with Crippen molar-refractivity contribution in [2.45, 2.75) is 23.0 Å². The molecule has 0 aliphatic rings. The van der Waals surface area contributed by atoms with Gasteiger partial charge in [0.25, 0.3) is 5.91 Å². The number of anilines is 1. The van der Waals surface area contributed by atoms with Crippen LogP contribution in [0.15, 0.2) is 77.0 Å². The topological polar surface area (TPSA) is 46.1 Å². The lowest BCUT2D eigenvalue weighted by molar-refractivity contribution is -0.137. The first-order valence-electron chi connectivity index (χ1n) is 8.41. The summed E-state index contributed by atoms with van der Waals surface area (Å²) in [6.45, 7) is 2.35. The van der Waals surface area contributed by atoms with Gasteiger partial charge in [-0.15, -0.1) is 0 Å². The van der Waals surface area contributed by atoms with Crippen molar-refractivity contribution < 1.29 is 18.0 Å². The van der Waals surface area contributed by atoms with Crippen molar-refractivity contribution in [2.24, 2.45) is 0 Å². The minimum Gasteiger partial charge on any atom is -0.307 e. The predicted molar refractivity (Wildman–Crippen MR) is 101 cm³/mol. The zero-order chi connectivity index (χ0) is 20.1. The third-order valence-electron chi connectivity index (χ3n) is 3.91. The van der Waals surface area contributed by atoms with Crippen molar-refractivity contribution in [1.29, 1.82) is 0 Å². The lowest BCUT2D eigenvalue weighted by Crippen LogP contribution is -2.30.